The minimum absolute atomic E-state index is 0.104. The van der Waals surface area contributed by atoms with Crippen LogP contribution in [0.3, 0.4) is 0 Å². The molecule has 0 fully saturated rings. The van der Waals surface area contributed by atoms with Crippen molar-refractivity contribution in [2.24, 2.45) is 0 Å². The van der Waals surface area contributed by atoms with Gasteiger partial charge in [-0.2, -0.15) is 0 Å². The largest absolute Gasteiger partial charge is 0.324 e. The molecule has 4 aromatic carbocycles. The minimum atomic E-state index is -4.01. The topological polar surface area (TPSA) is 66.5 Å². The minimum Gasteiger partial charge on any atom is -0.324 e. The molecule has 1 aliphatic carbocycles. The van der Waals surface area contributed by atoms with Gasteiger partial charge in [-0.15, -0.1) is 0 Å². The number of hydrogen-bond acceptors (Lipinski definition) is 3. The number of halogens is 1. The van der Waals surface area contributed by atoms with Crippen molar-refractivity contribution in [2.75, 3.05) is 16.2 Å². The lowest BCUT2D eigenvalue weighted by molar-refractivity contribution is -0.114. The predicted molar refractivity (Wildman–Crippen MR) is 137 cm³/mol. The van der Waals surface area contributed by atoms with Crippen LogP contribution in [0.1, 0.15) is 16.7 Å². The van der Waals surface area contributed by atoms with Gasteiger partial charge >= 0.3 is 0 Å². The molecule has 0 saturated heterocycles. The Kier molecular flexibility index (Phi) is 5.80. The third kappa shape index (κ3) is 3.93. The number of benzene rings is 4. The summed E-state index contributed by atoms with van der Waals surface area (Å²) in [6.45, 7) is 1.35. The molecule has 34 heavy (non-hydrogen) atoms. The smallest absolute Gasteiger partial charge is 0.264 e. The molecule has 5 nitrogen and oxygen atoms in total. The molecule has 7 heteroatoms. The van der Waals surface area contributed by atoms with Crippen molar-refractivity contribution in [3.05, 3.63) is 101 Å². The summed E-state index contributed by atoms with van der Waals surface area (Å²) in [5, 5.41) is 5.53. The second kappa shape index (κ2) is 8.78. The number of aryl methyl sites for hydroxylation is 2. The van der Waals surface area contributed by atoms with E-state index in [0.717, 1.165) is 22.5 Å². The van der Waals surface area contributed by atoms with Gasteiger partial charge in [-0.3, -0.25) is 9.10 Å². The Morgan fingerprint density at radius 3 is 2.38 bits per heavy atom. The van der Waals surface area contributed by atoms with E-state index in [9.17, 15) is 13.2 Å². The maximum Gasteiger partial charge on any atom is 0.264 e. The molecule has 0 saturated carbocycles. The van der Waals surface area contributed by atoms with Gasteiger partial charge < -0.3 is 5.32 Å². The number of hydrogen-bond donors (Lipinski definition) is 1. The predicted octanol–water partition coefficient (Wildman–Crippen LogP) is 5.73. The number of rotatable bonds is 6. The Morgan fingerprint density at radius 1 is 0.912 bits per heavy atom. The lowest BCUT2D eigenvalue weighted by Gasteiger charge is -2.26. The molecular formula is C27H23ClN2O3S. The fourth-order valence-corrected chi connectivity index (χ4v) is 6.23. The SMILES string of the molecule is Cc1c(Cl)cccc1N(CC(=O)Nc1ccc2c3c(cccc13)CC2)S(=O)(=O)c1ccccc1. The van der Waals surface area contributed by atoms with Crippen molar-refractivity contribution in [2.45, 2.75) is 24.7 Å². The molecule has 0 unspecified atom stereocenters. The van der Waals surface area contributed by atoms with Gasteiger partial charge in [0.2, 0.25) is 5.91 Å². The Labute approximate surface area is 204 Å². The van der Waals surface area contributed by atoms with E-state index in [1.807, 2.05) is 24.3 Å². The summed E-state index contributed by atoms with van der Waals surface area (Å²) in [4.78, 5) is 13.4. The van der Waals surface area contributed by atoms with Crippen molar-refractivity contribution in [1.82, 2.24) is 0 Å². The zero-order valence-electron chi connectivity index (χ0n) is 18.6. The van der Waals surface area contributed by atoms with E-state index in [2.05, 4.69) is 11.4 Å². The average Bonchev–Trinajstić information content (AvgIpc) is 3.26. The van der Waals surface area contributed by atoms with E-state index >= 15 is 0 Å². The monoisotopic (exact) mass is 490 g/mol. The quantitative estimate of drug-likeness (QED) is 0.375. The van der Waals surface area contributed by atoms with Crippen LogP contribution in [0.15, 0.2) is 83.8 Å². The number of nitrogens with zero attached hydrogens (tertiary/aromatic N) is 1. The molecule has 0 aromatic heterocycles. The first-order valence-electron chi connectivity index (χ1n) is 11.0. The maximum absolute atomic E-state index is 13.6. The average molecular weight is 491 g/mol. The second-order valence-electron chi connectivity index (χ2n) is 8.37. The lowest BCUT2D eigenvalue weighted by Crippen LogP contribution is -2.38. The second-order valence-corrected chi connectivity index (χ2v) is 10.6. The first kappa shape index (κ1) is 22.4. The molecule has 0 radical (unpaired) electrons. The molecule has 1 amide bonds. The van der Waals surface area contributed by atoms with Gasteiger partial charge in [-0.1, -0.05) is 60.1 Å². The fraction of sp³-hybridized carbons (Fsp3) is 0.148. The number of nitrogens with one attached hydrogen (secondary N) is 1. The molecule has 0 atom stereocenters. The Hall–Kier alpha value is -3.35. The van der Waals surface area contributed by atoms with E-state index in [4.69, 9.17) is 11.6 Å². The van der Waals surface area contributed by atoms with E-state index in [1.165, 1.54) is 28.6 Å². The van der Waals surface area contributed by atoms with E-state index in [-0.39, 0.29) is 11.4 Å². The maximum atomic E-state index is 13.6. The summed E-state index contributed by atoms with van der Waals surface area (Å²) in [5.74, 6) is -0.433. The highest BCUT2D eigenvalue weighted by Gasteiger charge is 2.29. The fourth-order valence-electron chi connectivity index (χ4n) is 4.56. The number of carbonyl (C=O) groups excluding carboxylic acids is 1. The van der Waals surface area contributed by atoms with Crippen molar-refractivity contribution in [3.8, 4) is 0 Å². The zero-order chi connectivity index (χ0) is 23.9. The van der Waals surface area contributed by atoms with Crippen molar-refractivity contribution in [1.29, 1.82) is 0 Å². The van der Waals surface area contributed by atoms with Crippen LogP contribution in [0.4, 0.5) is 11.4 Å². The van der Waals surface area contributed by atoms with Crippen LogP contribution in [-0.2, 0) is 27.7 Å². The summed E-state index contributed by atoms with van der Waals surface area (Å²) in [6, 6.07) is 23.1. The first-order chi connectivity index (χ1) is 16.4. The standard InChI is InChI=1S/C27H23ClN2O3S/c1-18-23(28)11-6-12-25(18)30(34(32,33)21-8-3-2-4-9-21)17-26(31)29-24-16-15-20-14-13-19-7-5-10-22(24)27(19)20/h2-12,15-16H,13-14,17H2,1H3,(H,29,31). The molecule has 0 heterocycles. The Morgan fingerprint density at radius 2 is 1.62 bits per heavy atom. The van der Waals surface area contributed by atoms with E-state index in [1.54, 1.807) is 43.3 Å². The third-order valence-corrected chi connectivity index (χ3v) is 8.46. The summed E-state index contributed by atoms with van der Waals surface area (Å²) in [6.07, 6.45) is 1.97. The van der Waals surface area contributed by atoms with Gasteiger partial charge in [0.05, 0.1) is 10.6 Å². The van der Waals surface area contributed by atoms with Crippen LogP contribution in [0, 0.1) is 6.92 Å². The number of amides is 1. The molecule has 0 bridgehead atoms. The van der Waals surface area contributed by atoms with Gasteiger partial charge in [0, 0.05) is 16.1 Å². The third-order valence-electron chi connectivity index (χ3n) is 6.28. The first-order valence-corrected chi connectivity index (χ1v) is 12.8. The highest BCUT2D eigenvalue weighted by Crippen LogP contribution is 2.35. The summed E-state index contributed by atoms with van der Waals surface area (Å²) >= 11 is 6.30. The van der Waals surface area contributed by atoms with Gasteiger partial charge in [0.15, 0.2) is 0 Å². The molecular weight excluding hydrogens is 468 g/mol. The number of carbonyl (C=O) groups is 1. The van der Waals surface area contributed by atoms with Crippen LogP contribution >= 0.6 is 11.6 Å². The summed E-state index contributed by atoms with van der Waals surface area (Å²) in [7, 11) is -4.01. The number of sulfonamides is 1. The zero-order valence-corrected chi connectivity index (χ0v) is 20.2. The van der Waals surface area contributed by atoms with Crippen molar-refractivity contribution >= 4 is 49.7 Å². The molecule has 5 rings (SSSR count). The highest BCUT2D eigenvalue weighted by atomic mass is 35.5. The van der Waals surface area contributed by atoms with Gasteiger partial charge in [0.25, 0.3) is 10.0 Å². The Bertz CT molecular complexity index is 1510. The lowest BCUT2D eigenvalue weighted by atomic mass is 10.0. The van der Waals surface area contributed by atoms with E-state index < -0.39 is 15.9 Å². The summed E-state index contributed by atoms with van der Waals surface area (Å²) in [5.41, 5.74) is 4.17. The van der Waals surface area contributed by atoms with E-state index in [0.29, 0.717) is 22.0 Å². The molecule has 0 spiro atoms. The normalized spacial score (nSPS) is 12.6. The van der Waals surface area contributed by atoms with Gasteiger partial charge in [0.1, 0.15) is 6.54 Å². The van der Waals surface area contributed by atoms with Gasteiger partial charge in [-0.25, -0.2) is 8.42 Å². The van der Waals surface area contributed by atoms with Crippen molar-refractivity contribution < 1.29 is 13.2 Å². The van der Waals surface area contributed by atoms with Crippen LogP contribution < -0.4 is 9.62 Å². The highest BCUT2D eigenvalue weighted by molar-refractivity contribution is 7.92. The van der Waals surface area contributed by atoms with Crippen LogP contribution in [0.5, 0.6) is 0 Å². The molecule has 172 valence electrons. The Balaban J connectivity index is 1.52. The van der Waals surface area contributed by atoms with Crippen LogP contribution in [0.2, 0.25) is 5.02 Å². The summed E-state index contributed by atoms with van der Waals surface area (Å²) < 4.78 is 28.3. The molecule has 0 aliphatic heterocycles. The molecule has 1 N–H and O–H groups in total. The van der Waals surface area contributed by atoms with Gasteiger partial charge in [-0.05, 0) is 72.2 Å². The van der Waals surface area contributed by atoms with Crippen LogP contribution in [0.25, 0.3) is 10.8 Å². The van der Waals surface area contributed by atoms with Crippen molar-refractivity contribution in [3.63, 3.8) is 0 Å². The number of anilines is 2. The van der Waals surface area contributed by atoms with Crippen LogP contribution in [-0.4, -0.2) is 20.9 Å². The molecule has 4 aromatic rings. The molecule has 1 aliphatic rings.